The lowest BCUT2D eigenvalue weighted by molar-refractivity contribution is 1.02. The zero-order valence-electron chi connectivity index (χ0n) is 3.00. The van der Waals surface area contributed by atoms with E-state index in [9.17, 15) is 0 Å². The molecule has 0 heterocycles. The van der Waals surface area contributed by atoms with E-state index < -0.39 is 0 Å². The van der Waals surface area contributed by atoms with Gasteiger partial charge in [-0.15, -0.1) is 0 Å². The van der Waals surface area contributed by atoms with Gasteiger partial charge >= 0.3 is 0 Å². The maximum Gasteiger partial charge on any atom is -0.0167 e. The Morgan fingerprint density at radius 2 is 1.25 bits per heavy atom. The van der Waals surface area contributed by atoms with Crippen molar-refractivity contribution < 1.29 is 0 Å². The van der Waals surface area contributed by atoms with E-state index in [1.807, 2.05) is 14.1 Å². The summed E-state index contributed by atoms with van der Waals surface area (Å²) in [7, 11) is 3.75. The van der Waals surface area contributed by atoms with Gasteiger partial charge in [-0.1, -0.05) is 0 Å². The standard InChI is InChI=1S/C2H7N.H2S/c1-3-2;/h3H,1-2H3;1H2. The third-order valence-corrected chi connectivity index (χ3v) is 0. The molecule has 0 spiro atoms. The summed E-state index contributed by atoms with van der Waals surface area (Å²) in [5.41, 5.74) is 0. The summed E-state index contributed by atoms with van der Waals surface area (Å²) in [5.74, 6) is 0. The van der Waals surface area contributed by atoms with Crippen LogP contribution in [-0.4, -0.2) is 14.1 Å². The molecule has 0 saturated heterocycles. The molecule has 0 aromatic heterocycles. The minimum absolute atomic E-state index is 0. The molecule has 0 aliphatic heterocycles. The molecule has 28 valence electrons. The zero-order valence-corrected chi connectivity index (χ0v) is 4.00. The Balaban J connectivity index is 0. The molecule has 0 rings (SSSR count). The van der Waals surface area contributed by atoms with Crippen molar-refractivity contribution >= 4 is 13.5 Å². The van der Waals surface area contributed by atoms with Gasteiger partial charge in [0.2, 0.25) is 0 Å². The average Bonchev–Trinajstić information content (AvgIpc) is 0.918. The van der Waals surface area contributed by atoms with Gasteiger partial charge in [-0.2, -0.15) is 13.5 Å². The van der Waals surface area contributed by atoms with Gasteiger partial charge in [0.15, 0.2) is 0 Å². The number of hydrogen-bond donors (Lipinski definition) is 1. The Hall–Kier alpha value is 0.310. The van der Waals surface area contributed by atoms with Gasteiger partial charge in [-0.25, -0.2) is 0 Å². The molecule has 4 heavy (non-hydrogen) atoms. The first-order valence-corrected chi connectivity index (χ1v) is 1.00. The lowest BCUT2D eigenvalue weighted by Gasteiger charge is -1.59. The third kappa shape index (κ3) is 41.3. The molecule has 0 saturated carbocycles. The van der Waals surface area contributed by atoms with Crippen molar-refractivity contribution in [2.45, 2.75) is 0 Å². The van der Waals surface area contributed by atoms with Gasteiger partial charge in [0.25, 0.3) is 0 Å². The molecule has 0 unspecified atom stereocenters. The second kappa shape index (κ2) is 10.3. The van der Waals surface area contributed by atoms with Crippen molar-refractivity contribution in [1.82, 2.24) is 5.32 Å². The molecule has 1 N–H and O–H groups in total. The normalized spacial score (nSPS) is 4.50. The topological polar surface area (TPSA) is 12.0 Å². The molecule has 2 heteroatoms. The van der Waals surface area contributed by atoms with Crippen LogP contribution in [0.1, 0.15) is 0 Å². The van der Waals surface area contributed by atoms with Crippen LogP contribution in [0, 0.1) is 0 Å². The summed E-state index contributed by atoms with van der Waals surface area (Å²) < 4.78 is 0. The average molecular weight is 79.2 g/mol. The van der Waals surface area contributed by atoms with Crippen LogP contribution in [0.25, 0.3) is 0 Å². The first kappa shape index (κ1) is 8.85. The van der Waals surface area contributed by atoms with Gasteiger partial charge in [0.05, 0.1) is 0 Å². The zero-order chi connectivity index (χ0) is 2.71. The van der Waals surface area contributed by atoms with E-state index in [0.29, 0.717) is 0 Å². The van der Waals surface area contributed by atoms with Crippen LogP contribution in [0.3, 0.4) is 0 Å². The Kier molecular flexibility index (Phi) is 22.8. The number of hydrogen-bond acceptors (Lipinski definition) is 1. The maximum atomic E-state index is 2.75. The Morgan fingerprint density at radius 3 is 1.25 bits per heavy atom. The van der Waals surface area contributed by atoms with Gasteiger partial charge in [0, 0.05) is 0 Å². The molecular formula is C2H9NS. The Bertz CT molecular complexity index is 6.00. The number of rotatable bonds is 0. The maximum absolute atomic E-state index is 2.75. The molecule has 0 amide bonds. The third-order valence-electron chi connectivity index (χ3n) is 0. The highest BCUT2D eigenvalue weighted by Crippen LogP contribution is 0.981. The van der Waals surface area contributed by atoms with E-state index in [1.165, 1.54) is 0 Å². The molecule has 0 aliphatic carbocycles. The molecule has 1 nitrogen and oxygen atoms in total. The van der Waals surface area contributed by atoms with E-state index >= 15 is 0 Å². The van der Waals surface area contributed by atoms with Gasteiger partial charge < -0.3 is 5.32 Å². The van der Waals surface area contributed by atoms with Crippen LogP contribution in [0.4, 0.5) is 0 Å². The molecule has 0 radical (unpaired) electrons. The minimum Gasteiger partial charge on any atom is -0.323 e. The summed E-state index contributed by atoms with van der Waals surface area (Å²) in [5, 5.41) is 2.75. The van der Waals surface area contributed by atoms with E-state index in [2.05, 4.69) is 5.32 Å². The predicted octanol–water partition coefficient (Wildman–Crippen LogP) is -0.0516. The molecule has 0 fully saturated rings. The second-order valence-corrected chi connectivity index (χ2v) is 0.500. The summed E-state index contributed by atoms with van der Waals surface area (Å²) >= 11 is 0. The highest BCUT2D eigenvalue weighted by Gasteiger charge is 1.25. The summed E-state index contributed by atoms with van der Waals surface area (Å²) in [6, 6.07) is 0. The fourth-order valence-electron chi connectivity index (χ4n) is 0. The molecule has 0 atom stereocenters. The van der Waals surface area contributed by atoms with Crippen LogP contribution < -0.4 is 5.32 Å². The van der Waals surface area contributed by atoms with Crippen LogP contribution in [-0.2, 0) is 0 Å². The summed E-state index contributed by atoms with van der Waals surface area (Å²) in [4.78, 5) is 0. The van der Waals surface area contributed by atoms with Crippen molar-refractivity contribution in [2.24, 2.45) is 0 Å². The van der Waals surface area contributed by atoms with Gasteiger partial charge in [0.1, 0.15) is 0 Å². The fraction of sp³-hybridized carbons (Fsp3) is 1.00. The lowest BCUT2D eigenvalue weighted by Crippen LogP contribution is -1.89. The van der Waals surface area contributed by atoms with Crippen LogP contribution in [0.5, 0.6) is 0 Å². The van der Waals surface area contributed by atoms with Gasteiger partial charge in [-0.05, 0) is 14.1 Å². The van der Waals surface area contributed by atoms with Crippen molar-refractivity contribution in [3.8, 4) is 0 Å². The highest BCUT2D eigenvalue weighted by atomic mass is 32.1. The number of nitrogens with one attached hydrogen (secondary N) is 1. The highest BCUT2D eigenvalue weighted by molar-refractivity contribution is 7.59. The monoisotopic (exact) mass is 79.0 g/mol. The van der Waals surface area contributed by atoms with Gasteiger partial charge in [-0.3, -0.25) is 0 Å². The summed E-state index contributed by atoms with van der Waals surface area (Å²) in [6.45, 7) is 0. The van der Waals surface area contributed by atoms with E-state index in [4.69, 9.17) is 0 Å². The Morgan fingerprint density at radius 1 is 1.25 bits per heavy atom. The van der Waals surface area contributed by atoms with Crippen molar-refractivity contribution in [3.05, 3.63) is 0 Å². The fourth-order valence-corrected chi connectivity index (χ4v) is 0. The van der Waals surface area contributed by atoms with Crippen molar-refractivity contribution in [2.75, 3.05) is 14.1 Å². The molecule has 0 aromatic rings. The summed E-state index contributed by atoms with van der Waals surface area (Å²) in [6.07, 6.45) is 0. The molecule has 0 aromatic carbocycles. The predicted molar refractivity (Wildman–Crippen MR) is 25.4 cm³/mol. The van der Waals surface area contributed by atoms with Crippen molar-refractivity contribution in [1.29, 1.82) is 0 Å². The second-order valence-electron chi connectivity index (χ2n) is 0.500. The largest absolute Gasteiger partial charge is 0.323 e. The first-order valence-electron chi connectivity index (χ1n) is 1.00. The Labute approximate surface area is 33.8 Å². The van der Waals surface area contributed by atoms with Crippen LogP contribution in [0.2, 0.25) is 0 Å². The molecule has 0 bridgehead atoms. The van der Waals surface area contributed by atoms with E-state index in [1.54, 1.807) is 0 Å². The molecule has 0 aliphatic rings. The SMILES string of the molecule is CNC.S. The molecular weight excluding hydrogens is 70.1 g/mol. The van der Waals surface area contributed by atoms with Crippen LogP contribution in [0.15, 0.2) is 0 Å². The van der Waals surface area contributed by atoms with E-state index in [0.717, 1.165) is 0 Å². The minimum atomic E-state index is 0. The van der Waals surface area contributed by atoms with Crippen LogP contribution >= 0.6 is 13.5 Å². The van der Waals surface area contributed by atoms with E-state index in [-0.39, 0.29) is 13.5 Å². The quantitative estimate of drug-likeness (QED) is 0.429. The first-order chi connectivity index (χ1) is 1.41. The smallest absolute Gasteiger partial charge is 0.0167 e. The van der Waals surface area contributed by atoms with Crippen molar-refractivity contribution in [3.63, 3.8) is 0 Å². The lowest BCUT2D eigenvalue weighted by atomic mass is 11.3.